The van der Waals surface area contributed by atoms with Crippen LogP contribution in [0.15, 0.2) is 49.0 Å². The lowest BCUT2D eigenvalue weighted by Gasteiger charge is -2.20. The van der Waals surface area contributed by atoms with Crippen molar-refractivity contribution in [3.8, 4) is 0 Å². The maximum absolute atomic E-state index is 4.28. The molecule has 0 aromatic heterocycles. The van der Waals surface area contributed by atoms with Gasteiger partial charge in [0.1, 0.15) is 0 Å². The molecule has 2 aromatic rings. The Morgan fingerprint density at radius 1 is 0.741 bits per heavy atom. The molecule has 0 fully saturated rings. The number of allylic oxidation sites excluding steroid dienone is 1. The fourth-order valence-corrected chi connectivity index (χ4v) is 3.98. The van der Waals surface area contributed by atoms with Crippen LogP contribution in [-0.2, 0) is 19.3 Å². The Bertz CT molecular complexity index is 693. The molecule has 0 bridgehead atoms. The van der Waals surface area contributed by atoms with E-state index in [1.54, 1.807) is 16.7 Å². The van der Waals surface area contributed by atoms with Crippen LogP contribution >= 0.6 is 0 Å². The highest BCUT2D eigenvalue weighted by molar-refractivity contribution is 5.67. The summed E-state index contributed by atoms with van der Waals surface area (Å²) in [6, 6.07) is 15.7. The number of hydrogen-bond donors (Lipinski definition) is 0. The monoisotopic (exact) mass is 362 g/mol. The highest BCUT2D eigenvalue weighted by Gasteiger charge is 2.14. The zero-order valence-electron chi connectivity index (χ0n) is 17.8. The molecule has 27 heavy (non-hydrogen) atoms. The number of aryl methyl sites for hydroxylation is 1. The molecule has 0 heterocycles. The molecule has 0 aliphatic heterocycles. The van der Waals surface area contributed by atoms with Crippen molar-refractivity contribution in [2.24, 2.45) is 0 Å². The van der Waals surface area contributed by atoms with Gasteiger partial charge in [0.15, 0.2) is 0 Å². The number of benzene rings is 2. The zero-order chi connectivity index (χ0) is 19.5. The highest BCUT2D eigenvalue weighted by atomic mass is 14.2. The summed E-state index contributed by atoms with van der Waals surface area (Å²) in [4.78, 5) is 0. The van der Waals surface area contributed by atoms with Gasteiger partial charge in [0.05, 0.1) is 0 Å². The molecule has 2 rings (SSSR count). The molecule has 0 aliphatic rings. The van der Waals surface area contributed by atoms with Crippen LogP contribution in [-0.4, -0.2) is 0 Å². The Balaban J connectivity index is 2.38. The van der Waals surface area contributed by atoms with Gasteiger partial charge in [-0.25, -0.2) is 0 Å². The summed E-state index contributed by atoms with van der Waals surface area (Å²) in [5.74, 6) is 0. The minimum Gasteiger partial charge on any atom is -0.0955 e. The molecular formula is C27H38. The summed E-state index contributed by atoms with van der Waals surface area (Å²) in [7, 11) is 0. The van der Waals surface area contributed by atoms with Gasteiger partial charge in [0.25, 0.3) is 0 Å². The lowest BCUT2D eigenvalue weighted by molar-refractivity contribution is 0.663. The van der Waals surface area contributed by atoms with E-state index in [4.69, 9.17) is 0 Å². The zero-order valence-corrected chi connectivity index (χ0v) is 17.8. The van der Waals surface area contributed by atoms with Gasteiger partial charge in [-0.05, 0) is 66.8 Å². The third-order valence-electron chi connectivity index (χ3n) is 5.54. The summed E-state index contributed by atoms with van der Waals surface area (Å²) in [6.07, 6.45) is 12.6. The van der Waals surface area contributed by atoms with Gasteiger partial charge < -0.3 is 0 Å². The van der Waals surface area contributed by atoms with E-state index in [9.17, 15) is 0 Å². The van der Waals surface area contributed by atoms with Crippen molar-refractivity contribution in [3.05, 3.63) is 76.9 Å². The van der Waals surface area contributed by atoms with E-state index in [0.717, 1.165) is 6.42 Å². The Labute approximate surface area is 167 Å². The maximum atomic E-state index is 4.28. The largest absolute Gasteiger partial charge is 0.0955 e. The molecule has 0 N–H and O–H groups in total. The van der Waals surface area contributed by atoms with E-state index in [1.807, 2.05) is 0 Å². The Morgan fingerprint density at radius 2 is 1.41 bits per heavy atom. The van der Waals surface area contributed by atoms with Crippen molar-refractivity contribution in [3.63, 3.8) is 0 Å². The molecule has 0 amide bonds. The van der Waals surface area contributed by atoms with Crippen LogP contribution in [0.5, 0.6) is 0 Å². The highest BCUT2D eigenvalue weighted by Crippen LogP contribution is 2.29. The van der Waals surface area contributed by atoms with Crippen LogP contribution in [0.25, 0.3) is 5.57 Å². The first kappa shape index (κ1) is 21.5. The average molecular weight is 363 g/mol. The van der Waals surface area contributed by atoms with E-state index < -0.39 is 0 Å². The van der Waals surface area contributed by atoms with E-state index in [1.165, 1.54) is 74.5 Å². The SMILES string of the molecule is C=C(C)c1ccc(CCCCCC)c(Cc2ccccc2)c1CCCCC. The first-order valence-corrected chi connectivity index (χ1v) is 11.0. The van der Waals surface area contributed by atoms with Crippen LogP contribution in [0.3, 0.4) is 0 Å². The fraction of sp³-hybridized carbons (Fsp3) is 0.481. The van der Waals surface area contributed by atoms with Crippen LogP contribution in [0.2, 0.25) is 0 Å². The second-order valence-electron chi connectivity index (χ2n) is 7.94. The van der Waals surface area contributed by atoms with Gasteiger partial charge >= 0.3 is 0 Å². The molecule has 146 valence electrons. The minimum atomic E-state index is 1.05. The number of unbranched alkanes of at least 4 members (excludes halogenated alkanes) is 5. The number of hydrogen-bond acceptors (Lipinski definition) is 0. The normalized spacial score (nSPS) is 10.9. The van der Waals surface area contributed by atoms with Crippen LogP contribution in [0.1, 0.15) is 93.5 Å². The van der Waals surface area contributed by atoms with Crippen molar-refractivity contribution >= 4 is 5.57 Å². The molecule has 0 saturated carbocycles. The second-order valence-corrected chi connectivity index (χ2v) is 7.94. The molecule has 0 spiro atoms. The van der Waals surface area contributed by atoms with Gasteiger partial charge in [-0.1, -0.05) is 101 Å². The van der Waals surface area contributed by atoms with Crippen LogP contribution in [0.4, 0.5) is 0 Å². The minimum absolute atomic E-state index is 1.05. The summed E-state index contributed by atoms with van der Waals surface area (Å²) in [6.45, 7) is 11.0. The van der Waals surface area contributed by atoms with E-state index >= 15 is 0 Å². The van der Waals surface area contributed by atoms with Gasteiger partial charge in [0, 0.05) is 0 Å². The quantitative estimate of drug-likeness (QED) is 0.334. The summed E-state index contributed by atoms with van der Waals surface area (Å²) in [5, 5.41) is 0. The molecular weight excluding hydrogens is 324 g/mol. The molecule has 0 unspecified atom stereocenters. The van der Waals surface area contributed by atoms with Crippen molar-refractivity contribution in [1.82, 2.24) is 0 Å². The van der Waals surface area contributed by atoms with Crippen molar-refractivity contribution in [2.45, 2.75) is 85.0 Å². The van der Waals surface area contributed by atoms with Crippen molar-refractivity contribution < 1.29 is 0 Å². The Kier molecular flexibility index (Phi) is 9.39. The van der Waals surface area contributed by atoms with Crippen molar-refractivity contribution in [1.29, 1.82) is 0 Å². The smallest absolute Gasteiger partial charge is 0.00201 e. The molecule has 0 nitrogen and oxygen atoms in total. The molecule has 0 aliphatic carbocycles. The van der Waals surface area contributed by atoms with Crippen molar-refractivity contribution in [2.75, 3.05) is 0 Å². The third kappa shape index (κ3) is 6.69. The molecule has 0 heteroatoms. The average Bonchev–Trinajstić information content (AvgIpc) is 2.67. The van der Waals surface area contributed by atoms with E-state index in [-0.39, 0.29) is 0 Å². The topological polar surface area (TPSA) is 0 Å². The fourth-order valence-electron chi connectivity index (χ4n) is 3.98. The summed E-state index contributed by atoms with van der Waals surface area (Å²) in [5.41, 5.74) is 8.71. The van der Waals surface area contributed by atoms with Gasteiger partial charge in [0.2, 0.25) is 0 Å². The lowest BCUT2D eigenvalue weighted by atomic mass is 9.85. The predicted molar refractivity (Wildman–Crippen MR) is 121 cm³/mol. The first-order valence-electron chi connectivity index (χ1n) is 11.0. The van der Waals surface area contributed by atoms with E-state index in [2.05, 4.69) is 69.8 Å². The van der Waals surface area contributed by atoms with Gasteiger partial charge in [-0.2, -0.15) is 0 Å². The predicted octanol–water partition coefficient (Wildman–Crippen LogP) is 8.17. The van der Waals surface area contributed by atoms with E-state index in [0.29, 0.717) is 0 Å². The summed E-state index contributed by atoms with van der Waals surface area (Å²) < 4.78 is 0. The third-order valence-corrected chi connectivity index (χ3v) is 5.54. The Hall–Kier alpha value is -1.82. The van der Waals surface area contributed by atoms with Gasteiger partial charge in [-0.15, -0.1) is 0 Å². The standard InChI is InChI=1S/C27H38/c1-5-7-9-14-17-24-19-20-25(22(3)4)26(18-11-8-6-2)27(24)21-23-15-12-10-13-16-23/h10,12-13,15-16,19-20H,3,5-9,11,14,17-18,21H2,1-2,4H3. The van der Waals surface area contributed by atoms with Crippen LogP contribution < -0.4 is 0 Å². The second kappa shape index (κ2) is 11.8. The lowest BCUT2D eigenvalue weighted by Crippen LogP contribution is -2.06. The van der Waals surface area contributed by atoms with Gasteiger partial charge in [-0.3, -0.25) is 0 Å². The molecule has 2 aromatic carbocycles. The first-order chi connectivity index (χ1) is 13.2. The maximum Gasteiger partial charge on any atom is -0.00201 e. The van der Waals surface area contributed by atoms with Crippen LogP contribution in [0, 0.1) is 0 Å². The summed E-state index contributed by atoms with van der Waals surface area (Å²) >= 11 is 0. The molecule has 0 radical (unpaired) electrons. The number of rotatable bonds is 12. The Morgan fingerprint density at radius 3 is 2.07 bits per heavy atom. The molecule has 0 saturated heterocycles. The molecule has 0 atom stereocenters.